The van der Waals surface area contributed by atoms with Crippen LogP contribution in [-0.4, -0.2) is 12.1 Å². The topological polar surface area (TPSA) is 26.3 Å². The monoisotopic (exact) mass is 454 g/mol. The Morgan fingerprint density at radius 3 is 2.55 bits per heavy atom. The minimum absolute atomic E-state index is 0.107. The van der Waals surface area contributed by atoms with Crippen LogP contribution in [0.4, 0.5) is 0 Å². The van der Waals surface area contributed by atoms with Crippen LogP contribution in [0.3, 0.4) is 0 Å². The van der Waals surface area contributed by atoms with Crippen LogP contribution in [0.25, 0.3) is 0 Å². The van der Waals surface area contributed by atoms with E-state index in [1.807, 2.05) is 0 Å². The van der Waals surface area contributed by atoms with Crippen molar-refractivity contribution >= 4 is 5.97 Å². The molecule has 2 heteroatoms. The molecule has 4 aliphatic rings. The molecule has 0 aromatic rings. The molecule has 0 N–H and O–H groups in total. The number of rotatable bonds is 7. The number of allylic oxidation sites excluding steroid dienone is 2. The first kappa shape index (κ1) is 25.1. The van der Waals surface area contributed by atoms with Gasteiger partial charge in [0, 0.05) is 13.3 Å². The fourth-order valence-electron chi connectivity index (χ4n) is 9.40. The highest BCUT2D eigenvalue weighted by Gasteiger charge is 2.59. The summed E-state index contributed by atoms with van der Waals surface area (Å²) < 4.78 is 5.62. The first-order valence-electron chi connectivity index (χ1n) is 14.1. The third-order valence-electron chi connectivity index (χ3n) is 11.3. The number of esters is 1. The smallest absolute Gasteiger partial charge is 0.302 e. The van der Waals surface area contributed by atoms with Gasteiger partial charge in [-0.25, -0.2) is 0 Å². The molecule has 2 nitrogen and oxygen atoms in total. The first-order chi connectivity index (χ1) is 15.6. The van der Waals surface area contributed by atoms with Gasteiger partial charge in [-0.1, -0.05) is 51.5 Å². The minimum Gasteiger partial charge on any atom is -0.462 e. The van der Waals surface area contributed by atoms with Gasteiger partial charge in [0.1, 0.15) is 6.10 Å². The van der Waals surface area contributed by atoms with Crippen molar-refractivity contribution in [2.24, 2.45) is 46.3 Å². The lowest BCUT2D eigenvalue weighted by Crippen LogP contribution is -2.51. The van der Waals surface area contributed by atoms with Gasteiger partial charge in [0.25, 0.3) is 0 Å². The fraction of sp³-hybridized carbons (Fsp3) is 0.839. The van der Waals surface area contributed by atoms with E-state index in [4.69, 9.17) is 4.74 Å². The maximum Gasteiger partial charge on any atom is 0.302 e. The van der Waals surface area contributed by atoms with Crippen molar-refractivity contribution in [2.75, 3.05) is 0 Å². The lowest BCUT2D eigenvalue weighted by atomic mass is 9.47. The van der Waals surface area contributed by atoms with E-state index >= 15 is 0 Å². The van der Waals surface area contributed by atoms with Gasteiger partial charge in [-0.3, -0.25) is 4.79 Å². The highest BCUT2D eigenvalue weighted by Crippen LogP contribution is 2.67. The number of hydrogen-bond donors (Lipinski definition) is 0. The number of fused-ring (bicyclic) bond motifs is 5. The Bertz CT molecular complexity index is 780. The summed E-state index contributed by atoms with van der Waals surface area (Å²) in [6.07, 6.45) is 16.8. The van der Waals surface area contributed by atoms with E-state index in [-0.39, 0.29) is 12.1 Å². The number of hydrogen-bond acceptors (Lipinski definition) is 2. The second-order valence-corrected chi connectivity index (χ2v) is 13.0. The van der Waals surface area contributed by atoms with Crippen molar-refractivity contribution in [3.8, 4) is 0 Å². The van der Waals surface area contributed by atoms with Gasteiger partial charge in [0.2, 0.25) is 0 Å². The zero-order chi connectivity index (χ0) is 24.0. The van der Waals surface area contributed by atoms with Gasteiger partial charge in [-0.05, 0) is 117 Å². The van der Waals surface area contributed by atoms with Crippen molar-refractivity contribution in [1.82, 2.24) is 0 Å². The Kier molecular flexibility index (Phi) is 7.24. The van der Waals surface area contributed by atoms with Gasteiger partial charge in [-0.2, -0.15) is 0 Å². The average Bonchev–Trinajstić information content (AvgIpc) is 3.11. The molecular formula is C31H50O2. The molecule has 0 radical (unpaired) electrons. The van der Waals surface area contributed by atoms with Crippen LogP contribution in [-0.2, 0) is 9.53 Å². The molecule has 4 aliphatic carbocycles. The van der Waals surface area contributed by atoms with Crippen molar-refractivity contribution in [2.45, 2.75) is 118 Å². The van der Waals surface area contributed by atoms with E-state index in [1.165, 1.54) is 63.4 Å². The van der Waals surface area contributed by atoms with Crippen LogP contribution in [0.1, 0.15) is 112 Å². The maximum atomic E-state index is 11.5. The molecule has 0 aliphatic heterocycles. The summed E-state index contributed by atoms with van der Waals surface area (Å²) in [5.41, 5.74) is 3.85. The van der Waals surface area contributed by atoms with E-state index in [0.29, 0.717) is 16.7 Å². The molecule has 9 atom stereocenters. The van der Waals surface area contributed by atoms with E-state index in [0.717, 1.165) is 42.4 Å². The van der Waals surface area contributed by atoms with Crippen LogP contribution in [0, 0.1) is 46.3 Å². The Morgan fingerprint density at radius 2 is 1.88 bits per heavy atom. The molecule has 0 bridgehead atoms. The highest BCUT2D eigenvalue weighted by atomic mass is 16.5. The predicted molar refractivity (Wildman–Crippen MR) is 138 cm³/mol. The van der Waals surface area contributed by atoms with Crippen molar-refractivity contribution in [3.05, 3.63) is 23.8 Å². The highest BCUT2D eigenvalue weighted by molar-refractivity contribution is 5.66. The van der Waals surface area contributed by atoms with E-state index < -0.39 is 0 Å². The normalized spacial score (nSPS) is 41.8. The van der Waals surface area contributed by atoms with Crippen LogP contribution in [0.5, 0.6) is 0 Å². The van der Waals surface area contributed by atoms with Crippen LogP contribution in [0.2, 0.25) is 0 Å². The second-order valence-electron chi connectivity index (χ2n) is 13.0. The largest absolute Gasteiger partial charge is 0.462 e. The number of carbonyl (C=O) groups excluding carboxylic acids is 1. The van der Waals surface area contributed by atoms with Crippen molar-refractivity contribution in [1.29, 1.82) is 0 Å². The summed E-state index contributed by atoms with van der Waals surface area (Å²) in [5, 5.41) is 0. The Hall–Kier alpha value is -1.05. The molecular weight excluding hydrogens is 404 g/mol. The van der Waals surface area contributed by atoms with Crippen LogP contribution < -0.4 is 0 Å². The Labute approximate surface area is 204 Å². The molecule has 3 fully saturated rings. The van der Waals surface area contributed by atoms with Crippen LogP contribution >= 0.6 is 0 Å². The summed E-state index contributed by atoms with van der Waals surface area (Å²) in [6.45, 7) is 18.1. The second kappa shape index (κ2) is 9.54. The molecule has 33 heavy (non-hydrogen) atoms. The fourth-order valence-corrected chi connectivity index (χ4v) is 9.40. The zero-order valence-electron chi connectivity index (χ0n) is 22.4. The lowest BCUT2D eigenvalue weighted by molar-refractivity contribution is -0.148. The van der Waals surface area contributed by atoms with Crippen LogP contribution in [0.15, 0.2) is 23.8 Å². The van der Waals surface area contributed by atoms with E-state index in [2.05, 4.69) is 47.3 Å². The number of carbonyl (C=O) groups is 1. The Morgan fingerprint density at radius 1 is 1.12 bits per heavy atom. The molecule has 0 unspecified atom stereocenters. The minimum atomic E-state index is -0.119. The third kappa shape index (κ3) is 4.50. The molecule has 0 spiro atoms. The molecule has 4 rings (SSSR count). The first-order valence-corrected chi connectivity index (χ1v) is 14.1. The zero-order valence-corrected chi connectivity index (χ0v) is 22.4. The van der Waals surface area contributed by atoms with Gasteiger partial charge in [-0.15, -0.1) is 0 Å². The van der Waals surface area contributed by atoms with Gasteiger partial charge < -0.3 is 4.74 Å². The summed E-state index contributed by atoms with van der Waals surface area (Å²) in [7, 11) is 0. The average molecular weight is 455 g/mol. The SMILES string of the molecule is C=C(C)[C@@H](CC)CC[C@@H](C)[C@H]1CC[C@H]2[C@H]3CC=C4C[C@@H](OC(C)=O)CC[C@]4(C)[C@H]3CC[C@]12C. The summed E-state index contributed by atoms with van der Waals surface area (Å²) >= 11 is 0. The molecule has 0 aromatic heterocycles. The third-order valence-corrected chi connectivity index (χ3v) is 11.3. The molecule has 0 heterocycles. The van der Waals surface area contributed by atoms with Crippen molar-refractivity contribution in [3.63, 3.8) is 0 Å². The predicted octanol–water partition coefficient (Wildman–Crippen LogP) is 8.52. The molecule has 0 amide bonds. The van der Waals surface area contributed by atoms with Gasteiger partial charge in [0.05, 0.1) is 0 Å². The molecule has 0 saturated heterocycles. The summed E-state index contributed by atoms with van der Waals surface area (Å²) in [6, 6.07) is 0. The van der Waals surface area contributed by atoms with E-state index in [9.17, 15) is 4.79 Å². The maximum absolute atomic E-state index is 11.5. The summed E-state index contributed by atoms with van der Waals surface area (Å²) in [4.78, 5) is 11.5. The quantitative estimate of drug-likeness (QED) is 0.284. The number of ether oxygens (including phenoxy) is 1. The van der Waals surface area contributed by atoms with Gasteiger partial charge in [0.15, 0.2) is 0 Å². The molecule has 0 aromatic carbocycles. The van der Waals surface area contributed by atoms with E-state index in [1.54, 1.807) is 12.5 Å². The Balaban J connectivity index is 1.46. The lowest BCUT2D eigenvalue weighted by Gasteiger charge is -2.58. The summed E-state index contributed by atoms with van der Waals surface area (Å²) in [5.74, 6) is 4.89. The van der Waals surface area contributed by atoms with Gasteiger partial charge >= 0.3 is 5.97 Å². The molecule has 3 saturated carbocycles. The van der Waals surface area contributed by atoms with Crippen molar-refractivity contribution < 1.29 is 9.53 Å². The molecule has 186 valence electrons. The standard InChI is InChI=1S/C31H50O2/c1-8-23(20(2)3)10-9-21(4)27-13-14-28-26-12-11-24-19-25(33-22(5)32)15-17-30(24,6)29(26)16-18-31(27,28)7/h11,21,23,25-29H,2,8-10,12-19H2,1,3-7H3/t21-,23+,25+,26-,27-,28+,29+,30+,31-/m1/s1.